The van der Waals surface area contributed by atoms with Gasteiger partial charge in [-0.2, -0.15) is 8.78 Å². The Balaban J connectivity index is 2.10. The number of alkyl halides is 2. The number of halogens is 2. The third-order valence-corrected chi connectivity index (χ3v) is 2.80. The van der Waals surface area contributed by atoms with E-state index in [4.69, 9.17) is 10.5 Å². The average Bonchev–Trinajstić information content (AvgIpc) is 2.46. The van der Waals surface area contributed by atoms with E-state index in [1.807, 2.05) is 0 Å². The van der Waals surface area contributed by atoms with Gasteiger partial charge < -0.3 is 10.5 Å². The molecule has 2 aromatic carbocycles. The minimum atomic E-state index is -3.02. The molecule has 0 amide bonds. The van der Waals surface area contributed by atoms with E-state index in [1.54, 1.807) is 42.5 Å². The second-order valence-corrected chi connectivity index (χ2v) is 4.17. The van der Waals surface area contributed by atoms with Crippen LogP contribution in [-0.2, 0) is 12.5 Å². The maximum absolute atomic E-state index is 13.9. The molecule has 2 aromatic rings. The smallest absolute Gasteiger partial charge is 0.306 e. The van der Waals surface area contributed by atoms with Crippen LogP contribution in [0.2, 0.25) is 0 Å². The second kappa shape index (κ2) is 5.80. The summed E-state index contributed by atoms with van der Waals surface area (Å²) in [7, 11) is 0. The molecule has 2 nitrogen and oxygen atoms in total. The quantitative estimate of drug-likeness (QED) is 0.898. The van der Waals surface area contributed by atoms with Gasteiger partial charge in [-0.3, -0.25) is 0 Å². The van der Waals surface area contributed by atoms with E-state index >= 15 is 0 Å². The van der Waals surface area contributed by atoms with Crippen LogP contribution in [-0.4, -0.2) is 6.61 Å². The van der Waals surface area contributed by atoms with Gasteiger partial charge in [-0.1, -0.05) is 48.5 Å². The van der Waals surface area contributed by atoms with Gasteiger partial charge in [0.15, 0.2) is 6.61 Å². The van der Waals surface area contributed by atoms with E-state index < -0.39 is 12.5 Å². The van der Waals surface area contributed by atoms with Crippen molar-refractivity contribution in [1.82, 2.24) is 0 Å². The van der Waals surface area contributed by atoms with Crippen LogP contribution in [0, 0.1) is 0 Å². The van der Waals surface area contributed by atoms with Crippen LogP contribution in [0.1, 0.15) is 11.1 Å². The fourth-order valence-electron chi connectivity index (χ4n) is 1.75. The van der Waals surface area contributed by atoms with Crippen LogP contribution < -0.4 is 10.5 Å². The summed E-state index contributed by atoms with van der Waals surface area (Å²) in [5.41, 5.74) is 6.19. The van der Waals surface area contributed by atoms with Crippen molar-refractivity contribution < 1.29 is 13.5 Å². The van der Waals surface area contributed by atoms with Gasteiger partial charge in [0.1, 0.15) is 5.75 Å². The van der Waals surface area contributed by atoms with Crippen LogP contribution in [0.5, 0.6) is 5.75 Å². The van der Waals surface area contributed by atoms with Crippen LogP contribution in [0.3, 0.4) is 0 Å². The summed E-state index contributed by atoms with van der Waals surface area (Å²) in [5, 5.41) is 0. The zero-order valence-electron chi connectivity index (χ0n) is 10.4. The Bertz CT molecular complexity index is 529. The molecule has 100 valence electrons. The molecule has 0 spiro atoms. The normalized spacial score (nSPS) is 11.3. The summed E-state index contributed by atoms with van der Waals surface area (Å²) >= 11 is 0. The number of benzene rings is 2. The molecule has 2 N–H and O–H groups in total. The summed E-state index contributed by atoms with van der Waals surface area (Å²) in [6, 6.07) is 14.6. The van der Waals surface area contributed by atoms with E-state index in [0.717, 1.165) is 0 Å². The first-order valence-corrected chi connectivity index (χ1v) is 5.97. The molecule has 2 rings (SSSR count). The summed E-state index contributed by atoms with van der Waals surface area (Å²) in [6.07, 6.45) is 0. The first-order valence-electron chi connectivity index (χ1n) is 5.97. The first kappa shape index (κ1) is 13.5. The van der Waals surface area contributed by atoms with E-state index in [1.165, 1.54) is 12.1 Å². The highest BCUT2D eigenvalue weighted by molar-refractivity contribution is 5.33. The first-order chi connectivity index (χ1) is 9.13. The van der Waals surface area contributed by atoms with Gasteiger partial charge in [-0.25, -0.2) is 0 Å². The van der Waals surface area contributed by atoms with Crippen LogP contribution in [0.4, 0.5) is 8.78 Å². The minimum Gasteiger partial charge on any atom is -0.487 e. The van der Waals surface area contributed by atoms with Gasteiger partial charge in [0.2, 0.25) is 0 Å². The molecule has 0 aromatic heterocycles. The van der Waals surface area contributed by atoms with Crippen molar-refractivity contribution in [3.63, 3.8) is 0 Å². The molecule has 0 bridgehead atoms. The largest absolute Gasteiger partial charge is 0.487 e. The van der Waals surface area contributed by atoms with Gasteiger partial charge >= 0.3 is 5.92 Å². The van der Waals surface area contributed by atoms with Crippen LogP contribution in [0.25, 0.3) is 0 Å². The third-order valence-electron chi connectivity index (χ3n) is 2.80. The zero-order valence-corrected chi connectivity index (χ0v) is 10.4. The standard InChI is InChI=1S/C15H15F2NO/c16-15(17,13-7-2-1-3-8-13)11-19-14-9-5-4-6-12(14)10-18/h1-9H,10-11,18H2. The average molecular weight is 263 g/mol. The molecule has 0 unspecified atom stereocenters. The Labute approximate surface area is 110 Å². The lowest BCUT2D eigenvalue weighted by Gasteiger charge is -2.18. The molecule has 0 radical (unpaired) electrons. The maximum atomic E-state index is 13.9. The fraction of sp³-hybridized carbons (Fsp3) is 0.200. The molecule has 4 heteroatoms. The predicted octanol–water partition coefficient (Wildman–Crippen LogP) is 3.32. The number of ether oxygens (including phenoxy) is 1. The maximum Gasteiger partial charge on any atom is 0.306 e. The minimum absolute atomic E-state index is 0.0553. The lowest BCUT2D eigenvalue weighted by atomic mass is 10.1. The molecule has 0 atom stereocenters. The summed E-state index contributed by atoms with van der Waals surface area (Å²) in [4.78, 5) is 0. The Morgan fingerprint density at radius 1 is 0.947 bits per heavy atom. The lowest BCUT2D eigenvalue weighted by molar-refractivity contribution is -0.0469. The van der Waals surface area contributed by atoms with Crippen LogP contribution >= 0.6 is 0 Å². The van der Waals surface area contributed by atoms with E-state index in [0.29, 0.717) is 11.3 Å². The molecular formula is C15H15F2NO. The lowest BCUT2D eigenvalue weighted by Crippen LogP contribution is -2.23. The van der Waals surface area contributed by atoms with Crippen molar-refractivity contribution in [2.45, 2.75) is 12.5 Å². The van der Waals surface area contributed by atoms with E-state index in [-0.39, 0.29) is 12.1 Å². The Kier molecular flexibility index (Phi) is 4.12. The molecule has 0 aliphatic heterocycles. The number of hydrogen-bond donors (Lipinski definition) is 1. The fourth-order valence-corrected chi connectivity index (χ4v) is 1.75. The number of rotatable bonds is 5. The summed E-state index contributed by atoms with van der Waals surface area (Å²) in [5.74, 6) is -2.62. The zero-order chi connectivity index (χ0) is 13.7. The van der Waals surface area contributed by atoms with Gasteiger partial charge in [-0.05, 0) is 6.07 Å². The molecule has 0 saturated heterocycles. The highest BCUT2D eigenvalue weighted by atomic mass is 19.3. The Hall–Kier alpha value is -1.94. The molecule has 0 aliphatic carbocycles. The predicted molar refractivity (Wildman–Crippen MR) is 70.2 cm³/mol. The molecule has 0 saturated carbocycles. The van der Waals surface area contributed by atoms with Crippen molar-refractivity contribution in [2.24, 2.45) is 5.73 Å². The molecule has 0 heterocycles. The van der Waals surface area contributed by atoms with Crippen molar-refractivity contribution in [1.29, 1.82) is 0 Å². The molecule has 0 aliphatic rings. The van der Waals surface area contributed by atoms with Crippen molar-refractivity contribution >= 4 is 0 Å². The monoisotopic (exact) mass is 263 g/mol. The third kappa shape index (κ3) is 3.29. The van der Waals surface area contributed by atoms with Gasteiger partial charge in [-0.15, -0.1) is 0 Å². The van der Waals surface area contributed by atoms with E-state index in [2.05, 4.69) is 0 Å². The summed E-state index contributed by atoms with van der Waals surface area (Å²) in [6.45, 7) is -0.443. The number of nitrogens with two attached hydrogens (primary N) is 1. The topological polar surface area (TPSA) is 35.2 Å². The highest BCUT2D eigenvalue weighted by Crippen LogP contribution is 2.29. The van der Waals surface area contributed by atoms with Crippen molar-refractivity contribution in [3.8, 4) is 5.75 Å². The van der Waals surface area contributed by atoms with Crippen molar-refractivity contribution in [3.05, 3.63) is 65.7 Å². The van der Waals surface area contributed by atoms with Gasteiger partial charge in [0, 0.05) is 17.7 Å². The van der Waals surface area contributed by atoms with Gasteiger partial charge in [0.25, 0.3) is 0 Å². The molecule has 19 heavy (non-hydrogen) atoms. The number of para-hydroxylation sites is 1. The SMILES string of the molecule is NCc1ccccc1OCC(F)(F)c1ccccc1. The van der Waals surface area contributed by atoms with Crippen molar-refractivity contribution in [2.75, 3.05) is 6.61 Å². The van der Waals surface area contributed by atoms with Crippen LogP contribution in [0.15, 0.2) is 54.6 Å². The summed E-state index contributed by atoms with van der Waals surface area (Å²) < 4.78 is 33.1. The Morgan fingerprint density at radius 3 is 2.26 bits per heavy atom. The van der Waals surface area contributed by atoms with Gasteiger partial charge in [0.05, 0.1) is 0 Å². The molecular weight excluding hydrogens is 248 g/mol. The number of hydrogen-bond acceptors (Lipinski definition) is 2. The second-order valence-electron chi connectivity index (χ2n) is 4.17. The molecule has 0 fully saturated rings. The highest BCUT2D eigenvalue weighted by Gasteiger charge is 2.32. The van der Waals surface area contributed by atoms with E-state index in [9.17, 15) is 8.78 Å². The Morgan fingerprint density at radius 2 is 1.58 bits per heavy atom.